The van der Waals surface area contributed by atoms with E-state index >= 15 is 0 Å². The van der Waals surface area contributed by atoms with Crippen LogP contribution in [0, 0.1) is 0 Å². The van der Waals surface area contributed by atoms with Crippen molar-refractivity contribution in [1.82, 2.24) is 10.6 Å². The Morgan fingerprint density at radius 1 is 0.903 bits per heavy atom. The minimum absolute atomic E-state index is 0.0105. The zero-order valence-corrected chi connectivity index (χ0v) is 19.9. The quantitative estimate of drug-likeness (QED) is 0.206. The summed E-state index contributed by atoms with van der Waals surface area (Å²) >= 11 is 1.66. The highest BCUT2D eigenvalue weighted by atomic mass is 32.2. The Morgan fingerprint density at radius 2 is 1.55 bits per heavy atom. The van der Waals surface area contributed by atoms with Crippen LogP contribution >= 0.6 is 11.8 Å². The smallest absolute Gasteiger partial charge is 0.255 e. The number of para-hydroxylation sites is 1. The molecule has 0 bridgehead atoms. The second-order valence-corrected chi connectivity index (χ2v) is 8.80. The Morgan fingerprint density at radius 3 is 2.26 bits per heavy atom. The van der Waals surface area contributed by atoms with E-state index in [0.29, 0.717) is 18.8 Å². The highest BCUT2D eigenvalue weighted by Gasteiger charge is 2.09. The van der Waals surface area contributed by atoms with Crippen LogP contribution in [0.5, 0.6) is 5.75 Å². The molecule has 6 heteroatoms. The van der Waals surface area contributed by atoms with Crippen LogP contribution in [-0.4, -0.2) is 41.5 Å². The Bertz CT molecular complexity index is 649. The number of carbonyl (C=O) groups is 2. The minimum atomic E-state index is -0.344. The van der Waals surface area contributed by atoms with Crippen molar-refractivity contribution in [2.24, 2.45) is 0 Å². The first-order chi connectivity index (χ1) is 15.1. The summed E-state index contributed by atoms with van der Waals surface area (Å²) in [4.78, 5) is 23.8. The molecule has 174 valence electrons. The highest BCUT2D eigenvalue weighted by Crippen LogP contribution is 2.14. The van der Waals surface area contributed by atoms with Gasteiger partial charge in [-0.05, 0) is 50.0 Å². The number of unbranched alkanes of at least 4 members (excludes halogenated alkanes) is 8. The number of benzene rings is 1. The van der Waals surface area contributed by atoms with Gasteiger partial charge in [0.2, 0.25) is 5.91 Å². The van der Waals surface area contributed by atoms with Gasteiger partial charge in [0.1, 0.15) is 5.75 Å². The summed E-state index contributed by atoms with van der Waals surface area (Å²) in [6.45, 7) is 2.96. The topological polar surface area (TPSA) is 78.4 Å². The van der Waals surface area contributed by atoms with Gasteiger partial charge in [-0.1, -0.05) is 63.3 Å². The molecule has 0 saturated carbocycles. The molecule has 3 N–H and O–H groups in total. The lowest BCUT2D eigenvalue weighted by atomic mass is 10.1. The largest absolute Gasteiger partial charge is 0.507 e. The van der Waals surface area contributed by atoms with Gasteiger partial charge in [-0.25, -0.2) is 0 Å². The number of carbonyl (C=O) groups excluding carboxylic acids is 2. The summed E-state index contributed by atoms with van der Waals surface area (Å²) in [5.41, 5.74) is 0.238. The molecule has 2 amide bonds. The van der Waals surface area contributed by atoms with E-state index in [4.69, 9.17) is 0 Å². The van der Waals surface area contributed by atoms with Crippen LogP contribution in [-0.2, 0) is 4.79 Å². The third kappa shape index (κ3) is 14.6. The molecule has 1 aromatic rings. The number of allylic oxidation sites excluding steroid dienone is 2. The van der Waals surface area contributed by atoms with E-state index in [1.54, 1.807) is 30.0 Å². The standard InChI is InChI=1S/C25H40N2O3S/c1-2-3-4-5-6-7-8-9-10-11-12-15-20-31-21-24(29)26-18-19-27-25(30)22-16-13-14-17-23(22)28/h8-9,13-14,16-17,28H,2-7,10-12,15,18-21H2,1H3,(H,26,29)(H,27,30)/b9-8-. The average Bonchev–Trinajstić information content (AvgIpc) is 2.77. The van der Waals surface area contributed by atoms with Crippen molar-refractivity contribution in [2.45, 2.75) is 71.1 Å². The molecule has 0 radical (unpaired) electrons. The number of thioether (sulfide) groups is 1. The molecule has 5 nitrogen and oxygen atoms in total. The fraction of sp³-hybridized carbons (Fsp3) is 0.600. The van der Waals surface area contributed by atoms with E-state index in [1.807, 2.05) is 0 Å². The molecule has 0 aliphatic heterocycles. The van der Waals surface area contributed by atoms with Crippen LogP contribution in [0.3, 0.4) is 0 Å². The lowest BCUT2D eigenvalue weighted by molar-refractivity contribution is -0.118. The van der Waals surface area contributed by atoms with Gasteiger partial charge < -0.3 is 15.7 Å². The second-order valence-electron chi connectivity index (χ2n) is 7.70. The van der Waals surface area contributed by atoms with Crippen molar-refractivity contribution in [3.63, 3.8) is 0 Å². The fourth-order valence-corrected chi connectivity index (χ4v) is 3.94. The van der Waals surface area contributed by atoms with Gasteiger partial charge >= 0.3 is 0 Å². The number of phenols is 1. The van der Waals surface area contributed by atoms with Crippen LogP contribution in [0.15, 0.2) is 36.4 Å². The number of hydrogen-bond donors (Lipinski definition) is 3. The lowest BCUT2D eigenvalue weighted by Gasteiger charge is -2.08. The number of rotatable bonds is 18. The first kappa shape index (κ1) is 27.1. The monoisotopic (exact) mass is 448 g/mol. The highest BCUT2D eigenvalue weighted by molar-refractivity contribution is 7.99. The summed E-state index contributed by atoms with van der Waals surface area (Å²) < 4.78 is 0. The minimum Gasteiger partial charge on any atom is -0.507 e. The fourth-order valence-electron chi connectivity index (χ4n) is 3.10. The van der Waals surface area contributed by atoms with E-state index in [0.717, 1.165) is 18.6 Å². The second kappa shape index (κ2) is 18.8. The van der Waals surface area contributed by atoms with E-state index in [1.165, 1.54) is 57.4 Å². The maximum Gasteiger partial charge on any atom is 0.255 e. The van der Waals surface area contributed by atoms with E-state index < -0.39 is 0 Å². The average molecular weight is 449 g/mol. The summed E-state index contributed by atoms with van der Waals surface area (Å²) in [6.07, 6.45) is 17.3. The van der Waals surface area contributed by atoms with Crippen molar-refractivity contribution >= 4 is 23.6 Å². The van der Waals surface area contributed by atoms with Gasteiger partial charge in [0.15, 0.2) is 0 Å². The maximum absolute atomic E-state index is 11.9. The van der Waals surface area contributed by atoms with Gasteiger partial charge in [0.25, 0.3) is 5.91 Å². The summed E-state index contributed by atoms with van der Waals surface area (Å²) in [5, 5.41) is 15.1. The Labute approximate surface area is 192 Å². The van der Waals surface area contributed by atoms with Gasteiger partial charge in [-0.3, -0.25) is 9.59 Å². The molecule has 0 aliphatic rings. The molecular formula is C25H40N2O3S. The van der Waals surface area contributed by atoms with Gasteiger partial charge in [-0.15, -0.1) is 0 Å². The number of amides is 2. The molecule has 31 heavy (non-hydrogen) atoms. The number of nitrogens with one attached hydrogen (secondary N) is 2. The van der Waals surface area contributed by atoms with E-state index in [-0.39, 0.29) is 23.1 Å². The predicted octanol–water partition coefficient (Wildman–Crippen LogP) is 5.45. The normalized spacial score (nSPS) is 11.0. The maximum atomic E-state index is 11.9. The number of hydrogen-bond acceptors (Lipinski definition) is 4. The number of phenolic OH excluding ortho intramolecular Hbond substituents is 1. The predicted molar refractivity (Wildman–Crippen MR) is 132 cm³/mol. The number of aromatic hydroxyl groups is 1. The summed E-state index contributed by atoms with van der Waals surface area (Å²) in [5.74, 6) is 1.05. The Hall–Kier alpha value is -1.95. The van der Waals surface area contributed by atoms with Crippen LogP contribution in [0.4, 0.5) is 0 Å². The van der Waals surface area contributed by atoms with Gasteiger partial charge in [0.05, 0.1) is 11.3 Å². The molecular weight excluding hydrogens is 408 g/mol. The first-order valence-electron chi connectivity index (χ1n) is 11.7. The van der Waals surface area contributed by atoms with Crippen LogP contribution in [0.25, 0.3) is 0 Å². The van der Waals surface area contributed by atoms with Crippen LogP contribution in [0.1, 0.15) is 81.5 Å². The molecule has 0 atom stereocenters. The first-order valence-corrected chi connectivity index (χ1v) is 12.9. The van der Waals surface area contributed by atoms with E-state index in [2.05, 4.69) is 29.7 Å². The van der Waals surface area contributed by atoms with Crippen molar-refractivity contribution < 1.29 is 14.7 Å². The van der Waals surface area contributed by atoms with Gasteiger partial charge in [-0.2, -0.15) is 11.8 Å². The summed E-state index contributed by atoms with van der Waals surface area (Å²) in [7, 11) is 0. The molecule has 0 aliphatic carbocycles. The van der Waals surface area contributed by atoms with Gasteiger partial charge in [0, 0.05) is 13.1 Å². The molecule has 1 rings (SSSR count). The molecule has 0 spiro atoms. The SMILES string of the molecule is CCCCCCC/C=C\CCCCCSCC(=O)NCCNC(=O)c1ccccc1O. The van der Waals surface area contributed by atoms with Crippen molar-refractivity contribution in [3.8, 4) is 5.75 Å². The third-order valence-electron chi connectivity index (χ3n) is 4.92. The molecule has 0 aromatic heterocycles. The van der Waals surface area contributed by atoms with Crippen LogP contribution < -0.4 is 10.6 Å². The van der Waals surface area contributed by atoms with E-state index in [9.17, 15) is 14.7 Å². The summed E-state index contributed by atoms with van der Waals surface area (Å²) in [6, 6.07) is 6.39. The van der Waals surface area contributed by atoms with Crippen molar-refractivity contribution in [2.75, 3.05) is 24.6 Å². The zero-order chi connectivity index (χ0) is 22.6. The lowest BCUT2D eigenvalue weighted by Crippen LogP contribution is -2.35. The molecule has 0 heterocycles. The van der Waals surface area contributed by atoms with Crippen molar-refractivity contribution in [1.29, 1.82) is 0 Å². The molecule has 0 saturated heterocycles. The molecule has 0 unspecified atom stereocenters. The van der Waals surface area contributed by atoms with Crippen molar-refractivity contribution in [3.05, 3.63) is 42.0 Å². The van der Waals surface area contributed by atoms with Crippen LogP contribution in [0.2, 0.25) is 0 Å². The zero-order valence-electron chi connectivity index (χ0n) is 19.0. The molecule has 1 aromatic carbocycles. The Kier molecular flexibility index (Phi) is 16.4. The third-order valence-corrected chi connectivity index (χ3v) is 5.96. The molecule has 0 fully saturated rings. The Balaban J connectivity index is 1.89.